The van der Waals surface area contributed by atoms with Crippen LogP contribution in [0.25, 0.3) is 0 Å². The molecule has 7 heteroatoms. The molecule has 0 atom stereocenters. The Balaban J connectivity index is 2.32. The molecule has 0 aliphatic rings. The van der Waals surface area contributed by atoms with Gasteiger partial charge in [0.15, 0.2) is 5.75 Å². The standard InChI is InChI=1S/C13H7Cl4NO2/c14-6-1-2-8(9(16)3-6)13(20)18-11-5-7(15)4-10(17)12(11)19/h1-5,19H,(H,18,20). The fraction of sp³-hybridized carbons (Fsp3) is 0. The largest absolute Gasteiger partial charge is 0.504 e. The SMILES string of the molecule is O=C(Nc1cc(Cl)cc(Cl)c1O)c1ccc(Cl)cc1Cl. The highest BCUT2D eigenvalue weighted by molar-refractivity contribution is 6.38. The minimum atomic E-state index is -0.514. The first-order valence-corrected chi connectivity index (χ1v) is 6.84. The minimum absolute atomic E-state index is 0.0370. The molecule has 0 unspecified atom stereocenters. The lowest BCUT2D eigenvalue weighted by atomic mass is 10.2. The van der Waals surface area contributed by atoms with Crippen LogP contribution in [0.15, 0.2) is 30.3 Å². The molecule has 0 saturated heterocycles. The summed E-state index contributed by atoms with van der Waals surface area (Å²) in [6.07, 6.45) is 0. The second-order valence-corrected chi connectivity index (χ2v) is 5.55. The zero-order chi connectivity index (χ0) is 14.9. The van der Waals surface area contributed by atoms with Gasteiger partial charge >= 0.3 is 0 Å². The van der Waals surface area contributed by atoms with E-state index in [-0.39, 0.29) is 32.1 Å². The summed E-state index contributed by atoms with van der Waals surface area (Å²) in [6.45, 7) is 0. The van der Waals surface area contributed by atoms with E-state index in [4.69, 9.17) is 46.4 Å². The molecule has 0 saturated carbocycles. The number of aromatic hydroxyl groups is 1. The molecule has 2 aromatic rings. The minimum Gasteiger partial charge on any atom is -0.504 e. The molecule has 20 heavy (non-hydrogen) atoms. The molecule has 0 fully saturated rings. The molecular weight excluding hydrogens is 344 g/mol. The number of carbonyl (C=O) groups excluding carboxylic acids is 1. The number of phenols is 1. The molecule has 0 bridgehead atoms. The van der Waals surface area contributed by atoms with E-state index in [0.29, 0.717) is 5.02 Å². The molecule has 0 aromatic heterocycles. The summed E-state index contributed by atoms with van der Waals surface area (Å²) in [5.41, 5.74) is 0.310. The van der Waals surface area contributed by atoms with Crippen LogP contribution in [-0.4, -0.2) is 11.0 Å². The van der Waals surface area contributed by atoms with Crippen molar-refractivity contribution in [1.29, 1.82) is 0 Å². The molecule has 104 valence electrons. The molecule has 3 nitrogen and oxygen atoms in total. The van der Waals surface area contributed by atoms with Crippen molar-refractivity contribution in [3.05, 3.63) is 56.0 Å². The van der Waals surface area contributed by atoms with E-state index in [0.717, 1.165) is 0 Å². The summed E-state index contributed by atoms with van der Waals surface area (Å²) in [6, 6.07) is 7.20. The molecule has 2 aromatic carbocycles. The molecule has 0 radical (unpaired) electrons. The molecule has 0 aliphatic heterocycles. The van der Waals surface area contributed by atoms with Crippen LogP contribution in [0.3, 0.4) is 0 Å². The highest BCUT2D eigenvalue weighted by atomic mass is 35.5. The predicted molar refractivity (Wildman–Crippen MR) is 82.5 cm³/mol. The Hall–Kier alpha value is -1.13. The first-order valence-electron chi connectivity index (χ1n) is 5.33. The van der Waals surface area contributed by atoms with Crippen LogP contribution in [0.5, 0.6) is 5.75 Å². The van der Waals surface area contributed by atoms with Crippen molar-refractivity contribution in [3.8, 4) is 5.75 Å². The maximum absolute atomic E-state index is 12.1. The van der Waals surface area contributed by atoms with Gasteiger partial charge in [-0.15, -0.1) is 0 Å². The van der Waals surface area contributed by atoms with Crippen molar-refractivity contribution >= 4 is 58.0 Å². The average Bonchev–Trinajstić information content (AvgIpc) is 2.35. The Morgan fingerprint density at radius 1 is 0.950 bits per heavy atom. The number of hydrogen-bond acceptors (Lipinski definition) is 2. The van der Waals surface area contributed by atoms with Gasteiger partial charge in [-0.05, 0) is 30.3 Å². The van der Waals surface area contributed by atoms with Crippen molar-refractivity contribution in [2.75, 3.05) is 5.32 Å². The number of phenolic OH excluding ortho intramolecular Hbond substituents is 1. The number of benzene rings is 2. The number of anilines is 1. The Kier molecular flexibility index (Phi) is 4.66. The number of halogens is 4. The Morgan fingerprint density at radius 3 is 2.25 bits per heavy atom. The van der Waals surface area contributed by atoms with Gasteiger partial charge in [-0.1, -0.05) is 46.4 Å². The van der Waals surface area contributed by atoms with Crippen LogP contribution in [0.4, 0.5) is 5.69 Å². The van der Waals surface area contributed by atoms with E-state index >= 15 is 0 Å². The number of nitrogens with one attached hydrogen (secondary N) is 1. The van der Waals surface area contributed by atoms with E-state index in [2.05, 4.69) is 5.32 Å². The van der Waals surface area contributed by atoms with E-state index in [1.54, 1.807) is 0 Å². The van der Waals surface area contributed by atoms with E-state index in [9.17, 15) is 9.90 Å². The van der Waals surface area contributed by atoms with E-state index in [1.807, 2.05) is 0 Å². The quantitative estimate of drug-likeness (QED) is 0.726. The van der Waals surface area contributed by atoms with Gasteiger partial charge in [0, 0.05) is 10.0 Å². The number of rotatable bonds is 2. The molecule has 0 spiro atoms. The molecule has 0 aliphatic carbocycles. The third-order valence-corrected chi connectivity index (χ3v) is 3.51. The summed E-state index contributed by atoms with van der Waals surface area (Å²) in [5, 5.41) is 13.2. The molecule has 0 heterocycles. The second kappa shape index (κ2) is 6.10. The van der Waals surface area contributed by atoms with Gasteiger partial charge in [0.1, 0.15) is 0 Å². The summed E-state index contributed by atoms with van der Waals surface area (Å²) in [4.78, 5) is 12.1. The van der Waals surface area contributed by atoms with Crippen molar-refractivity contribution in [3.63, 3.8) is 0 Å². The normalized spacial score (nSPS) is 10.4. The van der Waals surface area contributed by atoms with Gasteiger partial charge in [0.05, 0.1) is 21.3 Å². The first-order chi connectivity index (χ1) is 9.38. The van der Waals surface area contributed by atoms with Gasteiger partial charge < -0.3 is 10.4 Å². The van der Waals surface area contributed by atoms with Gasteiger partial charge in [-0.25, -0.2) is 0 Å². The molecule has 2 N–H and O–H groups in total. The lowest BCUT2D eigenvalue weighted by molar-refractivity contribution is 0.102. The van der Waals surface area contributed by atoms with Crippen molar-refractivity contribution < 1.29 is 9.90 Å². The maximum atomic E-state index is 12.1. The summed E-state index contributed by atoms with van der Waals surface area (Å²) >= 11 is 23.3. The fourth-order valence-corrected chi connectivity index (χ4v) is 2.51. The average molecular weight is 351 g/mol. The Labute approximate surface area is 135 Å². The lowest BCUT2D eigenvalue weighted by Gasteiger charge is -2.10. The van der Waals surface area contributed by atoms with Crippen molar-refractivity contribution in [2.24, 2.45) is 0 Å². The molecule has 1 amide bonds. The maximum Gasteiger partial charge on any atom is 0.257 e. The second-order valence-electron chi connectivity index (χ2n) is 3.86. The van der Waals surface area contributed by atoms with Crippen LogP contribution in [0.1, 0.15) is 10.4 Å². The van der Waals surface area contributed by atoms with Gasteiger partial charge in [0.2, 0.25) is 0 Å². The smallest absolute Gasteiger partial charge is 0.257 e. The third kappa shape index (κ3) is 3.30. The summed E-state index contributed by atoms with van der Waals surface area (Å²) < 4.78 is 0. The van der Waals surface area contributed by atoms with Gasteiger partial charge in [0.25, 0.3) is 5.91 Å². The zero-order valence-electron chi connectivity index (χ0n) is 9.75. The lowest BCUT2D eigenvalue weighted by Crippen LogP contribution is -2.12. The van der Waals surface area contributed by atoms with Gasteiger partial charge in [-0.2, -0.15) is 0 Å². The highest BCUT2D eigenvalue weighted by Gasteiger charge is 2.15. The topological polar surface area (TPSA) is 49.3 Å². The fourth-order valence-electron chi connectivity index (χ4n) is 1.52. The highest BCUT2D eigenvalue weighted by Crippen LogP contribution is 2.35. The van der Waals surface area contributed by atoms with Crippen LogP contribution < -0.4 is 5.32 Å². The Bertz CT molecular complexity index is 688. The summed E-state index contributed by atoms with van der Waals surface area (Å²) in [7, 11) is 0. The van der Waals surface area contributed by atoms with Crippen LogP contribution in [-0.2, 0) is 0 Å². The van der Waals surface area contributed by atoms with E-state index in [1.165, 1.54) is 30.3 Å². The van der Waals surface area contributed by atoms with Crippen LogP contribution in [0.2, 0.25) is 20.1 Å². The predicted octanol–water partition coefficient (Wildman–Crippen LogP) is 5.26. The first kappa shape index (κ1) is 15.3. The van der Waals surface area contributed by atoms with Crippen LogP contribution in [0, 0.1) is 0 Å². The zero-order valence-corrected chi connectivity index (χ0v) is 12.8. The van der Waals surface area contributed by atoms with Crippen molar-refractivity contribution in [2.45, 2.75) is 0 Å². The molecular formula is C13H7Cl4NO2. The van der Waals surface area contributed by atoms with Crippen molar-refractivity contribution in [1.82, 2.24) is 0 Å². The number of amides is 1. The van der Waals surface area contributed by atoms with Crippen LogP contribution >= 0.6 is 46.4 Å². The number of hydrogen-bond donors (Lipinski definition) is 2. The monoisotopic (exact) mass is 349 g/mol. The molecule has 2 rings (SSSR count). The van der Waals surface area contributed by atoms with Gasteiger partial charge in [-0.3, -0.25) is 4.79 Å². The Morgan fingerprint density at radius 2 is 1.60 bits per heavy atom. The summed E-state index contributed by atoms with van der Waals surface area (Å²) in [5.74, 6) is -0.783. The third-order valence-electron chi connectivity index (χ3n) is 2.45. The van der Waals surface area contributed by atoms with E-state index < -0.39 is 5.91 Å². The number of carbonyl (C=O) groups is 1.